The second kappa shape index (κ2) is 3.29. The molecule has 0 saturated heterocycles. The number of hydrogen-bond acceptors (Lipinski definition) is 2. The summed E-state index contributed by atoms with van der Waals surface area (Å²) in [7, 11) is 8.17. The molecule has 0 rings (SSSR count). The summed E-state index contributed by atoms with van der Waals surface area (Å²) in [6, 6.07) is 0. The van der Waals surface area contributed by atoms with E-state index in [1.165, 1.54) is 12.1 Å². The molecular formula is C4H13N2S+. The van der Waals surface area contributed by atoms with Gasteiger partial charge in [0.1, 0.15) is 0 Å². The van der Waals surface area contributed by atoms with Gasteiger partial charge in [-0.2, -0.15) is 0 Å². The van der Waals surface area contributed by atoms with Crippen LogP contribution in [0.3, 0.4) is 0 Å². The van der Waals surface area contributed by atoms with Gasteiger partial charge in [-0.3, -0.25) is 0 Å². The fraction of sp³-hybridized carbons (Fsp3) is 1.00. The Morgan fingerprint density at radius 1 is 0.857 bits per heavy atom. The normalized spacial score (nSPS) is 11.1. The zero-order valence-electron chi connectivity index (χ0n) is 5.34. The van der Waals surface area contributed by atoms with Gasteiger partial charge in [0, 0.05) is 28.2 Å². The van der Waals surface area contributed by atoms with Crippen LogP contribution in [-0.4, -0.2) is 36.8 Å². The summed E-state index contributed by atoms with van der Waals surface area (Å²) in [5, 5.41) is 0. The predicted molar refractivity (Wildman–Crippen MR) is 36.1 cm³/mol. The highest BCUT2D eigenvalue weighted by Gasteiger charge is 2.00. The fourth-order valence-electron chi connectivity index (χ4n) is 0.358. The van der Waals surface area contributed by atoms with Crippen LogP contribution < -0.4 is 0 Å². The lowest BCUT2D eigenvalue weighted by Crippen LogP contribution is -2.21. The lowest BCUT2D eigenvalue weighted by Gasteiger charge is -2.01. The van der Waals surface area contributed by atoms with E-state index in [4.69, 9.17) is 0 Å². The highest BCUT2D eigenvalue weighted by molar-refractivity contribution is 7.73. The SMILES string of the molecule is CN(C)[SH+]N(C)C. The molecular weight excluding hydrogens is 108 g/mol. The van der Waals surface area contributed by atoms with Gasteiger partial charge in [0.05, 0.1) is 0 Å². The summed E-state index contributed by atoms with van der Waals surface area (Å²) in [6.45, 7) is 0. The Balaban J connectivity index is 2.95. The van der Waals surface area contributed by atoms with E-state index < -0.39 is 0 Å². The van der Waals surface area contributed by atoms with E-state index in [1.807, 2.05) is 28.2 Å². The number of thiol groups is 1. The largest absolute Gasteiger partial charge is 0.152 e. The quantitative estimate of drug-likeness (QED) is 0.367. The minimum atomic E-state index is 1.24. The molecule has 2 nitrogen and oxygen atoms in total. The van der Waals surface area contributed by atoms with Crippen molar-refractivity contribution in [1.82, 2.24) is 8.61 Å². The van der Waals surface area contributed by atoms with Gasteiger partial charge in [0.15, 0.2) is 12.1 Å². The van der Waals surface area contributed by atoms with Gasteiger partial charge in [0.2, 0.25) is 0 Å². The summed E-state index contributed by atoms with van der Waals surface area (Å²) in [4.78, 5) is 0. The van der Waals surface area contributed by atoms with Crippen molar-refractivity contribution < 1.29 is 0 Å². The molecule has 0 aromatic rings. The molecule has 0 radical (unpaired) electrons. The average Bonchev–Trinajstić information content (AvgIpc) is 1.27. The van der Waals surface area contributed by atoms with E-state index in [-0.39, 0.29) is 0 Å². The first-order valence-electron chi connectivity index (χ1n) is 2.19. The zero-order chi connectivity index (χ0) is 5.86. The molecule has 0 aliphatic heterocycles. The molecule has 0 heterocycles. The molecule has 0 aliphatic carbocycles. The van der Waals surface area contributed by atoms with Crippen molar-refractivity contribution in [1.29, 1.82) is 0 Å². The van der Waals surface area contributed by atoms with Crippen molar-refractivity contribution in [3.63, 3.8) is 0 Å². The van der Waals surface area contributed by atoms with Crippen LogP contribution in [0, 0.1) is 0 Å². The van der Waals surface area contributed by atoms with Gasteiger partial charge >= 0.3 is 0 Å². The third-order valence-electron chi connectivity index (χ3n) is 0.358. The van der Waals surface area contributed by atoms with Crippen LogP contribution in [0.2, 0.25) is 0 Å². The van der Waals surface area contributed by atoms with E-state index in [0.717, 1.165) is 0 Å². The third kappa shape index (κ3) is 6.27. The smallest absolute Gasteiger partial charge is 0.116 e. The standard InChI is InChI=1S/C4H12N2S/c1-5(2)7-6(3)4/h1-4H3/p+1. The van der Waals surface area contributed by atoms with Gasteiger partial charge in [-0.05, 0) is 0 Å². The molecule has 0 saturated carbocycles. The second-order valence-electron chi connectivity index (χ2n) is 1.78. The Morgan fingerprint density at radius 3 is 1.14 bits per heavy atom. The number of hydrogen-bond donors (Lipinski definition) is 0. The Kier molecular flexibility index (Phi) is 3.42. The fourth-order valence-corrected chi connectivity index (χ4v) is 1.07. The third-order valence-corrected chi connectivity index (χ3v) is 1.07. The Hall–Kier alpha value is 0.270. The van der Waals surface area contributed by atoms with Crippen molar-refractivity contribution in [3.8, 4) is 0 Å². The van der Waals surface area contributed by atoms with Gasteiger partial charge in [-0.1, -0.05) is 0 Å². The highest BCUT2D eigenvalue weighted by atomic mass is 32.2. The first-order valence-corrected chi connectivity index (χ1v) is 2.99. The van der Waals surface area contributed by atoms with E-state index in [2.05, 4.69) is 8.61 Å². The molecule has 0 aromatic heterocycles. The molecule has 0 unspecified atom stereocenters. The van der Waals surface area contributed by atoms with Gasteiger partial charge in [-0.25, -0.2) is 0 Å². The minimum absolute atomic E-state index is 1.24. The van der Waals surface area contributed by atoms with Crippen LogP contribution in [0.15, 0.2) is 0 Å². The summed E-state index contributed by atoms with van der Waals surface area (Å²) in [5.41, 5.74) is 0. The molecule has 0 fully saturated rings. The maximum atomic E-state index is 2.10. The van der Waals surface area contributed by atoms with E-state index in [9.17, 15) is 0 Å². The van der Waals surface area contributed by atoms with Crippen LogP contribution in [0.4, 0.5) is 0 Å². The summed E-state index contributed by atoms with van der Waals surface area (Å²) in [5.74, 6) is 0. The Bertz CT molecular complexity index is 39.0. The molecule has 44 valence electrons. The number of nitrogens with zero attached hydrogens (tertiary/aromatic N) is 2. The van der Waals surface area contributed by atoms with Gasteiger partial charge < -0.3 is 0 Å². The molecule has 0 amide bonds. The lowest BCUT2D eigenvalue weighted by molar-refractivity contribution is 0.610. The topological polar surface area (TPSA) is 6.48 Å². The molecule has 0 atom stereocenters. The Morgan fingerprint density at radius 2 is 1.14 bits per heavy atom. The lowest BCUT2D eigenvalue weighted by atomic mass is 11.3. The van der Waals surface area contributed by atoms with Crippen molar-refractivity contribution in [2.75, 3.05) is 28.2 Å². The second-order valence-corrected chi connectivity index (χ2v) is 3.56. The molecule has 0 spiro atoms. The zero-order valence-corrected chi connectivity index (χ0v) is 6.24. The van der Waals surface area contributed by atoms with E-state index >= 15 is 0 Å². The van der Waals surface area contributed by atoms with Crippen molar-refractivity contribution in [2.45, 2.75) is 0 Å². The summed E-state index contributed by atoms with van der Waals surface area (Å²) >= 11 is 1.24. The minimum Gasteiger partial charge on any atom is -0.116 e. The molecule has 0 aliphatic rings. The van der Waals surface area contributed by atoms with E-state index in [1.54, 1.807) is 0 Å². The summed E-state index contributed by atoms with van der Waals surface area (Å²) < 4.78 is 4.19. The first kappa shape index (κ1) is 7.27. The molecule has 3 heteroatoms. The summed E-state index contributed by atoms with van der Waals surface area (Å²) in [6.07, 6.45) is 0. The van der Waals surface area contributed by atoms with Gasteiger partial charge in [-0.15, -0.1) is 8.61 Å². The highest BCUT2D eigenvalue weighted by Crippen LogP contribution is 1.80. The van der Waals surface area contributed by atoms with Gasteiger partial charge in [0.25, 0.3) is 0 Å². The maximum Gasteiger partial charge on any atom is 0.152 e. The molecule has 0 bridgehead atoms. The van der Waals surface area contributed by atoms with Crippen molar-refractivity contribution in [2.24, 2.45) is 0 Å². The maximum absolute atomic E-state index is 2.10. The van der Waals surface area contributed by atoms with Crippen LogP contribution >= 0.6 is 0 Å². The monoisotopic (exact) mass is 121 g/mol. The van der Waals surface area contributed by atoms with E-state index in [0.29, 0.717) is 0 Å². The number of rotatable bonds is 2. The molecule has 0 aromatic carbocycles. The van der Waals surface area contributed by atoms with Crippen molar-refractivity contribution >= 4 is 12.1 Å². The van der Waals surface area contributed by atoms with Crippen LogP contribution in [-0.2, 0) is 12.1 Å². The Labute approximate surface area is 49.7 Å². The molecule has 7 heavy (non-hydrogen) atoms. The van der Waals surface area contributed by atoms with Crippen LogP contribution in [0.25, 0.3) is 0 Å². The molecule has 0 N–H and O–H groups in total. The van der Waals surface area contributed by atoms with Crippen molar-refractivity contribution in [3.05, 3.63) is 0 Å². The van der Waals surface area contributed by atoms with Crippen LogP contribution in [0.5, 0.6) is 0 Å². The first-order chi connectivity index (χ1) is 3.13. The average molecular weight is 121 g/mol. The predicted octanol–water partition coefficient (Wildman–Crippen LogP) is -0.246. The van der Waals surface area contributed by atoms with Crippen LogP contribution in [0.1, 0.15) is 0 Å².